The Kier molecular flexibility index (Phi) is 4.92. The van der Waals surface area contributed by atoms with Crippen LogP contribution in [0.25, 0.3) is 11.3 Å². The molecule has 0 radical (unpaired) electrons. The summed E-state index contributed by atoms with van der Waals surface area (Å²) in [6.07, 6.45) is 1.65. The summed E-state index contributed by atoms with van der Waals surface area (Å²) >= 11 is 2.33. The maximum atomic E-state index is 12.3. The van der Waals surface area contributed by atoms with Crippen molar-refractivity contribution in [1.82, 2.24) is 4.98 Å². The molecule has 0 aliphatic carbocycles. The predicted molar refractivity (Wildman–Crippen MR) is 111 cm³/mol. The molecule has 0 saturated heterocycles. The summed E-state index contributed by atoms with van der Waals surface area (Å²) in [4.78, 5) is 18.1. The van der Waals surface area contributed by atoms with Crippen LogP contribution in [0.3, 0.4) is 0 Å². The molecule has 10 heteroatoms. The Hall–Kier alpha value is -2.69. The number of thiophene rings is 1. The fraction of sp³-hybridized carbons (Fsp3) is 0.111. The molecule has 0 bridgehead atoms. The minimum Gasteiger partial charge on any atom is -0.482 e. The van der Waals surface area contributed by atoms with Crippen molar-refractivity contribution < 1.29 is 17.9 Å². The van der Waals surface area contributed by atoms with E-state index in [-0.39, 0.29) is 21.9 Å². The van der Waals surface area contributed by atoms with Gasteiger partial charge in [-0.15, -0.1) is 29.3 Å². The van der Waals surface area contributed by atoms with Crippen LogP contribution in [-0.4, -0.2) is 32.5 Å². The molecule has 2 aromatic heterocycles. The first-order valence-corrected chi connectivity index (χ1v) is 11.4. The van der Waals surface area contributed by atoms with Crippen LogP contribution in [0.15, 0.2) is 58.0 Å². The number of nitrogens with one attached hydrogen (secondary N) is 1. The average Bonchev–Trinajstić information content (AvgIpc) is 3.36. The highest BCUT2D eigenvalue weighted by Gasteiger charge is 2.25. The van der Waals surface area contributed by atoms with E-state index in [4.69, 9.17) is 4.74 Å². The minimum atomic E-state index is -3.64. The molecule has 144 valence electrons. The Morgan fingerprint density at radius 3 is 2.93 bits per heavy atom. The third-order valence-corrected chi connectivity index (χ3v) is 7.62. The van der Waals surface area contributed by atoms with E-state index in [0.717, 1.165) is 16.9 Å². The molecule has 7 nitrogen and oxygen atoms in total. The number of anilines is 2. The standard InChI is InChI=1S/C18H15N3O4S3/c1-2-7-21-14-9-12(5-6-15(14)25-10-16(21)22)13-11-27-18(19-13)20-28(23,24)17-4-3-8-26-17/h2-6,8-9,11H,1,7,10H2,(H,19,20). The number of amides is 1. The lowest BCUT2D eigenvalue weighted by atomic mass is 10.1. The van der Waals surface area contributed by atoms with E-state index in [1.165, 1.54) is 17.4 Å². The second kappa shape index (κ2) is 7.38. The number of benzene rings is 1. The Morgan fingerprint density at radius 2 is 2.18 bits per heavy atom. The summed E-state index contributed by atoms with van der Waals surface area (Å²) in [5, 5.41) is 3.74. The lowest BCUT2D eigenvalue weighted by Gasteiger charge is -2.28. The summed E-state index contributed by atoms with van der Waals surface area (Å²) in [6.45, 7) is 4.06. The number of ether oxygens (including phenoxy) is 1. The zero-order valence-corrected chi connectivity index (χ0v) is 16.9. The lowest BCUT2D eigenvalue weighted by molar-refractivity contribution is -0.121. The summed E-state index contributed by atoms with van der Waals surface area (Å²) < 4.78 is 32.9. The molecule has 1 aromatic carbocycles. The lowest BCUT2D eigenvalue weighted by Crippen LogP contribution is -2.38. The molecule has 3 heterocycles. The number of aromatic nitrogens is 1. The Bertz CT molecular complexity index is 1140. The molecule has 4 rings (SSSR count). The number of nitrogens with zero attached hydrogens (tertiary/aromatic N) is 2. The fourth-order valence-electron chi connectivity index (χ4n) is 2.73. The number of fused-ring (bicyclic) bond motifs is 1. The van der Waals surface area contributed by atoms with Crippen molar-refractivity contribution in [3.63, 3.8) is 0 Å². The zero-order valence-electron chi connectivity index (χ0n) is 14.5. The van der Waals surface area contributed by atoms with E-state index in [0.29, 0.717) is 23.7 Å². The minimum absolute atomic E-state index is 0.00840. The van der Waals surface area contributed by atoms with Crippen molar-refractivity contribution in [2.24, 2.45) is 0 Å². The van der Waals surface area contributed by atoms with Crippen molar-refractivity contribution in [2.45, 2.75) is 4.21 Å². The number of rotatable bonds is 6. The Labute approximate surface area is 170 Å². The average molecular weight is 434 g/mol. The number of hydrogen-bond acceptors (Lipinski definition) is 7. The van der Waals surface area contributed by atoms with E-state index in [2.05, 4.69) is 16.3 Å². The van der Waals surface area contributed by atoms with Gasteiger partial charge in [-0.1, -0.05) is 12.1 Å². The first-order valence-electron chi connectivity index (χ1n) is 8.18. The van der Waals surface area contributed by atoms with Crippen molar-refractivity contribution in [3.8, 4) is 17.0 Å². The summed E-state index contributed by atoms with van der Waals surface area (Å²) in [7, 11) is -3.64. The van der Waals surface area contributed by atoms with E-state index in [1.54, 1.807) is 33.9 Å². The number of carbonyl (C=O) groups is 1. The van der Waals surface area contributed by atoms with Gasteiger partial charge in [0.15, 0.2) is 11.7 Å². The molecule has 1 aliphatic heterocycles. The molecule has 1 aliphatic rings. The molecule has 28 heavy (non-hydrogen) atoms. The first-order chi connectivity index (χ1) is 13.5. The number of hydrogen-bond donors (Lipinski definition) is 1. The van der Waals surface area contributed by atoms with E-state index < -0.39 is 10.0 Å². The summed E-state index contributed by atoms with van der Waals surface area (Å²) in [5.41, 5.74) is 2.00. The molecule has 0 fully saturated rings. The molecule has 1 N–H and O–H groups in total. The van der Waals surface area contributed by atoms with E-state index >= 15 is 0 Å². The van der Waals surface area contributed by atoms with Gasteiger partial charge in [0, 0.05) is 17.5 Å². The van der Waals surface area contributed by atoms with Gasteiger partial charge in [0.25, 0.3) is 15.9 Å². The summed E-state index contributed by atoms with van der Waals surface area (Å²) in [6, 6.07) is 8.63. The third-order valence-electron chi connectivity index (χ3n) is 4.00. The molecule has 3 aromatic rings. The fourth-order valence-corrected chi connectivity index (χ4v) is 5.69. The smallest absolute Gasteiger partial charge is 0.273 e. The largest absolute Gasteiger partial charge is 0.482 e. The molecular formula is C18H15N3O4S3. The Balaban J connectivity index is 1.63. The van der Waals surface area contributed by atoms with Crippen LogP contribution >= 0.6 is 22.7 Å². The Morgan fingerprint density at radius 1 is 1.32 bits per heavy atom. The van der Waals surface area contributed by atoms with Crippen LogP contribution in [0.1, 0.15) is 0 Å². The van der Waals surface area contributed by atoms with Gasteiger partial charge in [-0.3, -0.25) is 9.52 Å². The molecule has 1 amide bonds. The van der Waals surface area contributed by atoms with Gasteiger partial charge in [0.1, 0.15) is 9.96 Å². The van der Waals surface area contributed by atoms with Crippen LogP contribution < -0.4 is 14.4 Å². The highest BCUT2D eigenvalue weighted by atomic mass is 32.2. The van der Waals surface area contributed by atoms with Crippen molar-refractivity contribution in [2.75, 3.05) is 22.8 Å². The van der Waals surface area contributed by atoms with Gasteiger partial charge in [-0.05, 0) is 29.6 Å². The van der Waals surface area contributed by atoms with E-state index in [9.17, 15) is 13.2 Å². The summed E-state index contributed by atoms with van der Waals surface area (Å²) in [5.74, 6) is 0.464. The van der Waals surface area contributed by atoms with Gasteiger partial charge in [-0.25, -0.2) is 13.4 Å². The quantitative estimate of drug-likeness (QED) is 0.600. The topological polar surface area (TPSA) is 88.6 Å². The maximum Gasteiger partial charge on any atom is 0.273 e. The van der Waals surface area contributed by atoms with Crippen molar-refractivity contribution >= 4 is 49.4 Å². The highest BCUT2D eigenvalue weighted by molar-refractivity contribution is 7.94. The molecule has 0 atom stereocenters. The number of sulfonamides is 1. The van der Waals surface area contributed by atoms with Crippen molar-refractivity contribution in [1.29, 1.82) is 0 Å². The SMILES string of the molecule is C=CCN1C(=O)COc2ccc(-c3csc(NS(=O)(=O)c4cccs4)n3)cc21. The highest BCUT2D eigenvalue weighted by Crippen LogP contribution is 2.37. The third kappa shape index (κ3) is 3.53. The first kappa shape index (κ1) is 18.7. The van der Waals surface area contributed by atoms with Gasteiger partial charge >= 0.3 is 0 Å². The van der Waals surface area contributed by atoms with Crippen molar-refractivity contribution in [3.05, 3.63) is 53.7 Å². The predicted octanol–water partition coefficient (Wildman–Crippen LogP) is 3.58. The maximum absolute atomic E-state index is 12.3. The van der Waals surface area contributed by atoms with Crippen LogP contribution in [0.4, 0.5) is 10.8 Å². The van der Waals surface area contributed by atoms with Crippen LogP contribution in [0.2, 0.25) is 0 Å². The second-order valence-electron chi connectivity index (χ2n) is 5.84. The number of thiazole rings is 1. The van der Waals surface area contributed by atoms with E-state index in [1.807, 2.05) is 12.1 Å². The number of carbonyl (C=O) groups excluding carboxylic acids is 1. The zero-order chi connectivity index (χ0) is 19.7. The molecule has 0 spiro atoms. The van der Waals surface area contributed by atoms with Gasteiger partial charge in [0.05, 0.1) is 11.4 Å². The van der Waals surface area contributed by atoms with Gasteiger partial charge < -0.3 is 9.64 Å². The second-order valence-corrected chi connectivity index (χ2v) is 9.55. The van der Waals surface area contributed by atoms with Crippen LogP contribution in [-0.2, 0) is 14.8 Å². The van der Waals surface area contributed by atoms with Gasteiger partial charge in [0.2, 0.25) is 0 Å². The monoisotopic (exact) mass is 433 g/mol. The molecular weight excluding hydrogens is 418 g/mol. The van der Waals surface area contributed by atoms with Crippen LogP contribution in [0, 0.1) is 0 Å². The normalized spacial score (nSPS) is 13.7. The van der Waals surface area contributed by atoms with Gasteiger partial charge in [-0.2, -0.15) is 0 Å². The molecule has 0 saturated carbocycles. The molecule has 0 unspecified atom stereocenters. The van der Waals surface area contributed by atoms with Crippen LogP contribution in [0.5, 0.6) is 5.75 Å².